The molecule has 1 saturated heterocycles. The fourth-order valence-corrected chi connectivity index (χ4v) is 3.83. The van der Waals surface area contributed by atoms with Crippen molar-refractivity contribution in [3.05, 3.63) is 23.0 Å². The monoisotopic (exact) mass is 467 g/mol. The van der Waals surface area contributed by atoms with Gasteiger partial charge in [-0.2, -0.15) is 23.1 Å². The number of anilines is 2. The van der Waals surface area contributed by atoms with Crippen molar-refractivity contribution >= 4 is 22.5 Å². The summed E-state index contributed by atoms with van der Waals surface area (Å²) in [5.41, 5.74) is 2.59. The summed E-state index contributed by atoms with van der Waals surface area (Å²) in [6.07, 6.45) is -4.83. The number of fused-ring (bicyclic) bond motifs is 1. The molecule has 0 aliphatic carbocycles. The molecule has 1 fully saturated rings. The second kappa shape index (κ2) is 8.46. The minimum atomic E-state index is -4.83. The van der Waals surface area contributed by atoms with Crippen molar-refractivity contribution in [2.75, 3.05) is 51.0 Å². The maximum atomic E-state index is 15.8. The number of nitrogens with two attached hydrogens (primary N) is 1. The van der Waals surface area contributed by atoms with Gasteiger partial charge in [0, 0.05) is 26.2 Å². The Morgan fingerprint density at radius 3 is 2.33 bits per heavy atom. The average Bonchev–Trinajstić information content (AvgIpc) is 2.78. The summed E-state index contributed by atoms with van der Waals surface area (Å²) < 4.78 is 67.9. The summed E-state index contributed by atoms with van der Waals surface area (Å²) in [6, 6.07) is 0.915. The van der Waals surface area contributed by atoms with Gasteiger partial charge in [0.2, 0.25) is 5.88 Å². The molecule has 0 bridgehead atoms. The van der Waals surface area contributed by atoms with E-state index in [1.165, 1.54) is 21.1 Å². The first-order valence-electron chi connectivity index (χ1n) is 9.95. The first-order valence-corrected chi connectivity index (χ1v) is 9.95. The van der Waals surface area contributed by atoms with Crippen LogP contribution in [0.1, 0.15) is 11.1 Å². The SMILES string of the molecule is COc1nc(N2CCNCC2)c2c(OC)nc(-c3nc(N)cc(C)c3C(F)(F)F)c(F)c2n1. The molecule has 0 spiro atoms. The van der Waals surface area contributed by atoms with Gasteiger partial charge >= 0.3 is 12.2 Å². The van der Waals surface area contributed by atoms with E-state index in [0.29, 0.717) is 32.0 Å². The molecule has 13 heteroatoms. The Morgan fingerprint density at radius 2 is 1.73 bits per heavy atom. The number of halogens is 4. The van der Waals surface area contributed by atoms with Crippen LogP contribution in [0.25, 0.3) is 22.3 Å². The first kappa shape index (κ1) is 22.7. The lowest BCUT2D eigenvalue weighted by molar-refractivity contribution is -0.137. The smallest absolute Gasteiger partial charge is 0.418 e. The van der Waals surface area contributed by atoms with Crippen LogP contribution in [0.5, 0.6) is 11.9 Å². The van der Waals surface area contributed by atoms with Gasteiger partial charge in [0.25, 0.3) is 0 Å². The summed E-state index contributed by atoms with van der Waals surface area (Å²) in [5, 5.41) is 3.32. The molecule has 4 rings (SSSR count). The van der Waals surface area contributed by atoms with Gasteiger partial charge < -0.3 is 25.4 Å². The van der Waals surface area contributed by atoms with Gasteiger partial charge in [-0.3, -0.25) is 0 Å². The van der Waals surface area contributed by atoms with Crippen molar-refractivity contribution in [2.24, 2.45) is 0 Å². The third kappa shape index (κ3) is 4.03. The van der Waals surface area contributed by atoms with Crippen LogP contribution in [0, 0.1) is 12.7 Å². The summed E-state index contributed by atoms with van der Waals surface area (Å²) in [7, 11) is 2.59. The molecule has 0 atom stereocenters. The number of nitrogen functional groups attached to an aromatic ring is 1. The lowest BCUT2D eigenvalue weighted by Crippen LogP contribution is -2.44. The fraction of sp³-hybridized carbons (Fsp3) is 0.400. The van der Waals surface area contributed by atoms with Gasteiger partial charge in [0.15, 0.2) is 5.82 Å². The van der Waals surface area contributed by atoms with Crippen LogP contribution in [-0.2, 0) is 6.18 Å². The highest BCUT2D eigenvalue weighted by Crippen LogP contribution is 2.42. The number of hydrogen-bond acceptors (Lipinski definition) is 9. The summed E-state index contributed by atoms with van der Waals surface area (Å²) >= 11 is 0. The number of hydrogen-bond donors (Lipinski definition) is 2. The second-order valence-electron chi connectivity index (χ2n) is 7.36. The molecular weight excluding hydrogens is 446 g/mol. The molecule has 3 aromatic heterocycles. The molecule has 4 heterocycles. The Hall–Kier alpha value is -3.48. The van der Waals surface area contributed by atoms with Crippen molar-refractivity contribution in [3.8, 4) is 23.3 Å². The van der Waals surface area contributed by atoms with Gasteiger partial charge in [-0.15, -0.1) is 0 Å². The number of rotatable bonds is 4. The zero-order valence-corrected chi connectivity index (χ0v) is 18.0. The number of aryl methyl sites for hydroxylation is 1. The predicted molar refractivity (Wildman–Crippen MR) is 113 cm³/mol. The Bertz CT molecular complexity index is 1210. The van der Waals surface area contributed by atoms with E-state index < -0.39 is 28.9 Å². The van der Waals surface area contributed by atoms with Crippen LogP contribution in [-0.4, -0.2) is 60.3 Å². The molecule has 3 aromatic rings. The predicted octanol–water partition coefficient (Wildman–Crippen LogP) is 2.56. The molecule has 0 aromatic carbocycles. The van der Waals surface area contributed by atoms with Gasteiger partial charge in [0.1, 0.15) is 33.9 Å². The third-order valence-electron chi connectivity index (χ3n) is 5.25. The third-order valence-corrected chi connectivity index (χ3v) is 5.25. The van der Waals surface area contributed by atoms with E-state index in [2.05, 4.69) is 25.3 Å². The molecule has 0 radical (unpaired) electrons. The van der Waals surface area contributed by atoms with E-state index in [4.69, 9.17) is 15.2 Å². The molecule has 1 aliphatic heterocycles. The highest BCUT2D eigenvalue weighted by atomic mass is 19.4. The molecule has 1 aliphatic rings. The zero-order chi connectivity index (χ0) is 23.9. The molecule has 0 amide bonds. The quantitative estimate of drug-likeness (QED) is 0.559. The maximum absolute atomic E-state index is 15.8. The number of nitrogens with zero attached hydrogens (tertiary/aromatic N) is 5. The van der Waals surface area contributed by atoms with Gasteiger partial charge in [0.05, 0.1) is 19.8 Å². The van der Waals surface area contributed by atoms with Crippen LogP contribution >= 0.6 is 0 Å². The Morgan fingerprint density at radius 1 is 1.03 bits per heavy atom. The number of aromatic nitrogens is 4. The molecule has 0 saturated carbocycles. The first-order chi connectivity index (χ1) is 15.7. The van der Waals surface area contributed by atoms with Crippen LogP contribution in [0.4, 0.5) is 29.2 Å². The van der Waals surface area contributed by atoms with Gasteiger partial charge in [-0.1, -0.05) is 0 Å². The minimum absolute atomic E-state index is 0.121. The van der Waals surface area contributed by atoms with Crippen LogP contribution < -0.4 is 25.4 Å². The van der Waals surface area contributed by atoms with Crippen molar-refractivity contribution < 1.29 is 27.0 Å². The van der Waals surface area contributed by atoms with Gasteiger partial charge in [-0.05, 0) is 18.6 Å². The standard InChI is InChI=1S/C20H21F4N7O2/c1-9-8-10(25)27-15(12(9)20(22,23)24)16-13(21)14-11(18(28-16)32-2)17(30-19(29-14)33-3)31-6-4-26-5-7-31/h8,26H,4-7H2,1-3H3,(H2,25,27). The molecule has 176 valence electrons. The van der Waals surface area contributed by atoms with Crippen LogP contribution in [0.15, 0.2) is 6.07 Å². The van der Waals surface area contributed by atoms with E-state index in [0.717, 1.165) is 6.07 Å². The van der Waals surface area contributed by atoms with E-state index >= 15 is 4.39 Å². The Labute approximate surface area is 186 Å². The maximum Gasteiger partial charge on any atom is 0.418 e. The number of piperazine rings is 1. The fourth-order valence-electron chi connectivity index (χ4n) is 3.83. The lowest BCUT2D eigenvalue weighted by atomic mass is 10.0. The number of nitrogens with one attached hydrogen (secondary N) is 1. The Balaban J connectivity index is 2.07. The molecule has 33 heavy (non-hydrogen) atoms. The summed E-state index contributed by atoms with van der Waals surface area (Å²) in [6.45, 7) is 3.64. The topological polar surface area (TPSA) is 111 Å². The van der Waals surface area contributed by atoms with Crippen LogP contribution in [0.3, 0.4) is 0 Å². The highest BCUT2D eigenvalue weighted by molar-refractivity contribution is 5.96. The number of pyridine rings is 2. The van der Waals surface area contributed by atoms with Crippen molar-refractivity contribution in [1.82, 2.24) is 25.3 Å². The minimum Gasteiger partial charge on any atom is -0.480 e. The average molecular weight is 467 g/mol. The van der Waals surface area contributed by atoms with E-state index in [9.17, 15) is 13.2 Å². The zero-order valence-electron chi connectivity index (χ0n) is 18.0. The van der Waals surface area contributed by atoms with Crippen molar-refractivity contribution in [2.45, 2.75) is 13.1 Å². The van der Waals surface area contributed by atoms with Gasteiger partial charge in [-0.25, -0.2) is 14.4 Å². The van der Waals surface area contributed by atoms with Crippen molar-refractivity contribution in [1.29, 1.82) is 0 Å². The largest absolute Gasteiger partial charge is 0.480 e. The number of methoxy groups -OCH3 is 2. The second-order valence-corrected chi connectivity index (χ2v) is 7.36. The van der Waals surface area contributed by atoms with E-state index in [1.54, 1.807) is 0 Å². The van der Waals surface area contributed by atoms with Crippen LogP contribution in [0.2, 0.25) is 0 Å². The number of alkyl halides is 3. The Kier molecular flexibility index (Phi) is 5.82. The summed E-state index contributed by atoms with van der Waals surface area (Å²) in [4.78, 5) is 18.1. The van der Waals surface area contributed by atoms with Crippen molar-refractivity contribution in [3.63, 3.8) is 0 Å². The molecular formula is C20H21F4N7O2. The molecule has 3 N–H and O–H groups in total. The lowest BCUT2D eigenvalue weighted by Gasteiger charge is -2.29. The normalized spacial score (nSPS) is 14.6. The van der Waals surface area contributed by atoms with E-state index in [1.807, 2.05) is 4.90 Å². The van der Waals surface area contributed by atoms with E-state index in [-0.39, 0.29) is 34.2 Å². The molecule has 0 unspecified atom stereocenters. The summed E-state index contributed by atoms with van der Waals surface area (Å²) in [5.74, 6) is -1.17. The highest BCUT2D eigenvalue weighted by Gasteiger charge is 2.39. The molecule has 9 nitrogen and oxygen atoms in total. The number of ether oxygens (including phenoxy) is 2.